The highest BCUT2D eigenvalue weighted by atomic mass is 32.2. The van der Waals surface area contributed by atoms with E-state index in [1.165, 1.54) is 23.5 Å². The molecule has 0 bridgehead atoms. The van der Waals surface area contributed by atoms with Crippen molar-refractivity contribution in [1.82, 2.24) is 9.88 Å². The van der Waals surface area contributed by atoms with E-state index in [0.29, 0.717) is 22.9 Å². The Balaban J connectivity index is 1.82. The van der Waals surface area contributed by atoms with Gasteiger partial charge in [0.2, 0.25) is 0 Å². The number of hydrogen-bond donors (Lipinski definition) is 1. The van der Waals surface area contributed by atoms with Crippen LogP contribution in [0.3, 0.4) is 0 Å². The molecule has 0 aliphatic carbocycles. The van der Waals surface area contributed by atoms with Crippen molar-refractivity contribution in [2.24, 2.45) is 0 Å². The van der Waals surface area contributed by atoms with Crippen molar-refractivity contribution in [3.05, 3.63) is 45.5 Å². The number of aliphatic carboxylic acids is 1. The summed E-state index contributed by atoms with van der Waals surface area (Å²) in [6.45, 7) is 0.477. The van der Waals surface area contributed by atoms with E-state index in [9.17, 15) is 19.7 Å². The molecule has 1 aliphatic heterocycles. The zero-order valence-corrected chi connectivity index (χ0v) is 15.2. The summed E-state index contributed by atoms with van der Waals surface area (Å²) in [5.74, 6) is 0.0965. The van der Waals surface area contributed by atoms with Gasteiger partial charge in [-0.2, -0.15) is 11.8 Å². The third-order valence-corrected chi connectivity index (χ3v) is 5.91. The Morgan fingerprint density at radius 3 is 2.96 bits per heavy atom. The zero-order chi connectivity index (χ0) is 18.7. The van der Waals surface area contributed by atoms with E-state index >= 15 is 0 Å². The molecule has 1 saturated heterocycles. The number of nitrogens with zero attached hydrogens (tertiary/aromatic N) is 3. The van der Waals surface area contributed by atoms with Gasteiger partial charge in [-0.1, -0.05) is 12.1 Å². The van der Waals surface area contributed by atoms with Crippen LogP contribution in [0.5, 0.6) is 0 Å². The minimum absolute atomic E-state index is 0.0415. The summed E-state index contributed by atoms with van der Waals surface area (Å²) in [6.07, 6.45) is -0.0966. The number of rotatable bonds is 5. The Morgan fingerprint density at radius 2 is 2.23 bits per heavy atom. The van der Waals surface area contributed by atoms with Crippen LogP contribution in [0.25, 0.3) is 10.6 Å². The number of carbonyl (C=O) groups is 2. The second-order valence-electron chi connectivity index (χ2n) is 5.67. The van der Waals surface area contributed by atoms with Gasteiger partial charge in [-0.25, -0.2) is 4.98 Å². The second kappa shape index (κ2) is 7.83. The summed E-state index contributed by atoms with van der Waals surface area (Å²) in [5.41, 5.74) is 0.762. The van der Waals surface area contributed by atoms with Crippen LogP contribution in [0.15, 0.2) is 29.6 Å². The van der Waals surface area contributed by atoms with Crippen LogP contribution >= 0.6 is 23.1 Å². The lowest BCUT2D eigenvalue weighted by Crippen LogP contribution is -2.47. The molecule has 2 heterocycles. The summed E-state index contributed by atoms with van der Waals surface area (Å²) in [4.78, 5) is 40.1. The predicted octanol–water partition coefficient (Wildman–Crippen LogP) is 2.75. The molecule has 1 aliphatic rings. The lowest BCUT2D eigenvalue weighted by atomic mass is 10.2. The number of nitro groups is 1. The van der Waals surface area contributed by atoms with Gasteiger partial charge < -0.3 is 10.0 Å². The number of carboxylic acids is 1. The molecular formula is C16H15N3O5S2. The van der Waals surface area contributed by atoms with Crippen LogP contribution in [-0.2, 0) is 4.79 Å². The van der Waals surface area contributed by atoms with Crippen molar-refractivity contribution < 1.29 is 19.6 Å². The highest BCUT2D eigenvalue weighted by Crippen LogP contribution is 2.28. The fraction of sp³-hybridized carbons (Fsp3) is 0.312. The van der Waals surface area contributed by atoms with Crippen molar-refractivity contribution in [2.75, 3.05) is 18.1 Å². The van der Waals surface area contributed by atoms with E-state index in [1.807, 2.05) is 0 Å². The molecule has 1 atom stereocenters. The van der Waals surface area contributed by atoms with Crippen LogP contribution in [0.2, 0.25) is 0 Å². The second-order valence-corrected chi connectivity index (χ2v) is 7.68. The average Bonchev–Trinajstić information content (AvgIpc) is 3.11. The predicted molar refractivity (Wildman–Crippen MR) is 98.6 cm³/mol. The van der Waals surface area contributed by atoms with Crippen molar-refractivity contribution in [3.63, 3.8) is 0 Å². The fourth-order valence-electron chi connectivity index (χ4n) is 2.70. The first kappa shape index (κ1) is 18.3. The highest BCUT2D eigenvalue weighted by molar-refractivity contribution is 7.99. The van der Waals surface area contributed by atoms with Gasteiger partial charge in [-0.15, -0.1) is 11.3 Å². The number of aromatic nitrogens is 1. The maximum Gasteiger partial charge on any atom is 0.305 e. The lowest BCUT2D eigenvalue weighted by Gasteiger charge is -2.34. The van der Waals surface area contributed by atoms with E-state index in [0.717, 1.165) is 5.75 Å². The normalized spacial score (nSPS) is 17.1. The molecule has 26 heavy (non-hydrogen) atoms. The van der Waals surface area contributed by atoms with E-state index in [4.69, 9.17) is 5.11 Å². The Labute approximate surface area is 157 Å². The molecule has 0 saturated carbocycles. The molecule has 1 N–H and O–H groups in total. The van der Waals surface area contributed by atoms with Gasteiger partial charge in [-0.05, 0) is 0 Å². The first-order chi connectivity index (χ1) is 12.5. The standard InChI is InChI=1S/C16H15N3O5S2/c20-14(21)7-12-8-25-5-4-18(12)16(22)13-9-26-15(17-13)10-2-1-3-11(6-10)19(23)24/h1-3,6,9,12H,4-5,7-8H2,(H,20,21). The minimum Gasteiger partial charge on any atom is -0.481 e. The molecule has 10 heteroatoms. The molecule has 1 aromatic heterocycles. The maximum atomic E-state index is 12.8. The van der Waals surface area contributed by atoms with Crippen LogP contribution in [0, 0.1) is 10.1 Å². The first-order valence-corrected chi connectivity index (χ1v) is 9.80. The monoisotopic (exact) mass is 393 g/mol. The number of non-ortho nitro benzene ring substituents is 1. The maximum absolute atomic E-state index is 12.8. The van der Waals surface area contributed by atoms with Gasteiger partial charge in [-0.3, -0.25) is 19.7 Å². The summed E-state index contributed by atoms with van der Waals surface area (Å²) in [6, 6.07) is 5.72. The highest BCUT2D eigenvalue weighted by Gasteiger charge is 2.30. The van der Waals surface area contributed by atoms with Crippen molar-refractivity contribution >= 4 is 40.7 Å². The largest absolute Gasteiger partial charge is 0.481 e. The number of amides is 1. The fourth-order valence-corrected chi connectivity index (χ4v) is 4.55. The summed E-state index contributed by atoms with van der Waals surface area (Å²) < 4.78 is 0. The number of thiazole rings is 1. The molecule has 2 aromatic rings. The number of hydrogen-bond acceptors (Lipinski definition) is 7. The quantitative estimate of drug-likeness (QED) is 0.614. The number of nitro benzene ring substituents is 1. The average molecular weight is 393 g/mol. The molecule has 1 fully saturated rings. The third kappa shape index (κ3) is 4.02. The Hall–Kier alpha value is -2.46. The molecule has 0 radical (unpaired) electrons. The summed E-state index contributed by atoms with van der Waals surface area (Å²) in [5, 5.41) is 22.1. The Morgan fingerprint density at radius 1 is 1.42 bits per heavy atom. The molecule has 1 unspecified atom stereocenters. The topological polar surface area (TPSA) is 114 Å². The van der Waals surface area contributed by atoms with Gasteiger partial charge >= 0.3 is 5.97 Å². The van der Waals surface area contributed by atoms with Crippen LogP contribution < -0.4 is 0 Å². The summed E-state index contributed by atoms with van der Waals surface area (Å²) >= 11 is 2.86. The molecular weight excluding hydrogens is 378 g/mol. The number of carbonyl (C=O) groups excluding carboxylic acids is 1. The SMILES string of the molecule is O=C(O)CC1CSCCN1C(=O)c1csc(-c2cccc([N+](=O)[O-])c2)n1. The molecule has 3 rings (SSSR count). The molecule has 136 valence electrons. The van der Waals surface area contributed by atoms with Crippen molar-refractivity contribution in [1.29, 1.82) is 0 Å². The van der Waals surface area contributed by atoms with Gasteiger partial charge in [0.05, 0.1) is 17.4 Å². The van der Waals surface area contributed by atoms with Crippen LogP contribution in [-0.4, -0.2) is 55.9 Å². The number of thioether (sulfide) groups is 1. The molecule has 8 nitrogen and oxygen atoms in total. The number of carboxylic acid groups (broad SMARTS) is 1. The van der Waals surface area contributed by atoms with Crippen LogP contribution in [0.1, 0.15) is 16.9 Å². The smallest absolute Gasteiger partial charge is 0.305 e. The van der Waals surface area contributed by atoms with Gasteiger partial charge in [0.15, 0.2) is 0 Å². The van der Waals surface area contributed by atoms with Crippen LogP contribution in [0.4, 0.5) is 5.69 Å². The molecule has 1 aromatic carbocycles. The zero-order valence-electron chi connectivity index (χ0n) is 13.5. The molecule has 0 spiro atoms. The van der Waals surface area contributed by atoms with E-state index in [2.05, 4.69) is 4.98 Å². The Bertz CT molecular complexity index is 854. The van der Waals surface area contributed by atoms with Crippen molar-refractivity contribution in [3.8, 4) is 10.6 Å². The van der Waals surface area contributed by atoms with E-state index in [1.54, 1.807) is 34.2 Å². The van der Waals surface area contributed by atoms with Gasteiger partial charge in [0, 0.05) is 41.1 Å². The Kier molecular flexibility index (Phi) is 5.52. The van der Waals surface area contributed by atoms with E-state index in [-0.39, 0.29) is 29.8 Å². The summed E-state index contributed by atoms with van der Waals surface area (Å²) in [7, 11) is 0. The van der Waals surface area contributed by atoms with Gasteiger partial charge in [0.25, 0.3) is 11.6 Å². The van der Waals surface area contributed by atoms with Gasteiger partial charge in [0.1, 0.15) is 10.7 Å². The first-order valence-electron chi connectivity index (χ1n) is 7.76. The van der Waals surface area contributed by atoms with Crippen molar-refractivity contribution in [2.45, 2.75) is 12.5 Å². The number of benzene rings is 1. The van der Waals surface area contributed by atoms with E-state index < -0.39 is 10.9 Å². The minimum atomic E-state index is -0.939. The third-order valence-electron chi connectivity index (χ3n) is 3.93. The molecule has 1 amide bonds. The lowest BCUT2D eigenvalue weighted by molar-refractivity contribution is -0.384.